The quantitative estimate of drug-likeness (QED) is 0.327. The number of esters is 1. The molecule has 4 aromatic heterocycles. The fraction of sp³-hybridized carbons (Fsp3) is 0.182. The molecule has 32 heavy (non-hydrogen) atoms. The monoisotopic (exact) mass is 453 g/mol. The van der Waals surface area contributed by atoms with Gasteiger partial charge < -0.3 is 19.0 Å². The van der Waals surface area contributed by atoms with Gasteiger partial charge in [-0.1, -0.05) is 5.16 Å². The number of aromatic nitrogens is 2. The molecule has 0 fully saturated rings. The lowest BCUT2D eigenvalue weighted by atomic mass is 10.1. The Balaban J connectivity index is 1.39. The third kappa shape index (κ3) is 4.26. The normalized spacial score (nSPS) is 10.8. The molecule has 10 heteroatoms. The average molecular weight is 453 g/mol. The van der Waals surface area contributed by atoms with Gasteiger partial charge in [0.1, 0.15) is 10.6 Å². The van der Waals surface area contributed by atoms with Crippen LogP contribution in [0.4, 0.5) is 5.00 Å². The van der Waals surface area contributed by atoms with Crippen molar-refractivity contribution in [3.8, 4) is 5.82 Å². The molecule has 0 aliphatic heterocycles. The van der Waals surface area contributed by atoms with Gasteiger partial charge in [-0.15, -0.1) is 11.3 Å². The van der Waals surface area contributed by atoms with E-state index in [1.807, 2.05) is 6.92 Å². The topological polar surface area (TPSA) is 117 Å². The van der Waals surface area contributed by atoms with Crippen LogP contribution in [0.2, 0.25) is 0 Å². The highest BCUT2D eigenvalue weighted by Gasteiger charge is 2.21. The maximum Gasteiger partial charge on any atom is 0.348 e. The summed E-state index contributed by atoms with van der Waals surface area (Å²) in [5, 5.41) is 7.08. The van der Waals surface area contributed by atoms with E-state index < -0.39 is 18.5 Å². The van der Waals surface area contributed by atoms with E-state index >= 15 is 0 Å². The number of aryl methyl sites for hydroxylation is 2. The fourth-order valence-corrected chi connectivity index (χ4v) is 4.03. The van der Waals surface area contributed by atoms with Gasteiger partial charge in [0.2, 0.25) is 5.78 Å². The molecule has 0 aliphatic rings. The van der Waals surface area contributed by atoms with Crippen LogP contribution < -0.4 is 5.32 Å². The first-order valence-corrected chi connectivity index (χ1v) is 10.4. The summed E-state index contributed by atoms with van der Waals surface area (Å²) in [6, 6.07) is 9.74. The van der Waals surface area contributed by atoms with Crippen LogP contribution in [0.15, 0.2) is 51.6 Å². The number of furan rings is 1. The summed E-state index contributed by atoms with van der Waals surface area (Å²) in [7, 11) is 0. The van der Waals surface area contributed by atoms with Crippen LogP contribution in [0.1, 0.15) is 47.7 Å². The van der Waals surface area contributed by atoms with E-state index in [1.54, 1.807) is 42.7 Å². The highest BCUT2D eigenvalue weighted by molar-refractivity contribution is 7.18. The molecule has 0 spiro atoms. The Morgan fingerprint density at radius 3 is 2.66 bits per heavy atom. The summed E-state index contributed by atoms with van der Waals surface area (Å²) < 4.78 is 17.1. The standard InChI is InChI=1S/C22H19N3O6S/c1-12-9-15(14(3)25(12)19-10-13(2)31-24-19)16(26)11-30-22(28)18-6-7-20(32-18)23-21(27)17-5-4-8-29-17/h4-10H,11H2,1-3H3,(H,23,27). The zero-order valence-electron chi connectivity index (χ0n) is 17.5. The number of carbonyl (C=O) groups excluding carboxylic acids is 3. The highest BCUT2D eigenvalue weighted by Crippen LogP contribution is 2.24. The van der Waals surface area contributed by atoms with Gasteiger partial charge in [-0.3, -0.25) is 14.2 Å². The number of anilines is 1. The Morgan fingerprint density at radius 1 is 1.16 bits per heavy atom. The number of Topliss-reactive ketones (excluding diaryl/α,β-unsaturated/α-hetero) is 1. The van der Waals surface area contributed by atoms with Crippen molar-refractivity contribution in [3.05, 3.63) is 76.0 Å². The Morgan fingerprint density at radius 2 is 1.97 bits per heavy atom. The third-order valence-corrected chi connectivity index (χ3v) is 5.68. The molecule has 0 aromatic carbocycles. The minimum absolute atomic E-state index is 0.159. The van der Waals surface area contributed by atoms with E-state index in [-0.39, 0.29) is 16.4 Å². The summed E-state index contributed by atoms with van der Waals surface area (Å²) in [5.74, 6) is -0.0130. The first kappa shape index (κ1) is 21.3. The summed E-state index contributed by atoms with van der Waals surface area (Å²) in [4.78, 5) is 37.3. The van der Waals surface area contributed by atoms with Gasteiger partial charge in [-0.25, -0.2) is 4.79 Å². The molecule has 4 rings (SSSR count). The van der Waals surface area contributed by atoms with Crippen LogP contribution in [0.3, 0.4) is 0 Å². The Hall–Kier alpha value is -3.92. The van der Waals surface area contributed by atoms with E-state index in [4.69, 9.17) is 13.7 Å². The molecule has 1 amide bonds. The lowest BCUT2D eigenvalue weighted by Crippen LogP contribution is -2.14. The van der Waals surface area contributed by atoms with Crippen molar-refractivity contribution < 1.29 is 28.1 Å². The van der Waals surface area contributed by atoms with E-state index in [2.05, 4.69) is 10.5 Å². The minimum Gasteiger partial charge on any atom is -0.459 e. The van der Waals surface area contributed by atoms with Crippen molar-refractivity contribution in [2.24, 2.45) is 0 Å². The van der Waals surface area contributed by atoms with Crippen molar-refractivity contribution >= 4 is 34.0 Å². The SMILES string of the molecule is Cc1cc(-n2c(C)cc(C(=O)COC(=O)c3ccc(NC(=O)c4ccco4)s3)c2C)no1. The van der Waals surface area contributed by atoms with Crippen LogP contribution in [0.25, 0.3) is 5.82 Å². The van der Waals surface area contributed by atoms with E-state index in [9.17, 15) is 14.4 Å². The van der Waals surface area contributed by atoms with Crippen molar-refractivity contribution in [1.29, 1.82) is 0 Å². The van der Waals surface area contributed by atoms with Crippen LogP contribution in [-0.4, -0.2) is 34.0 Å². The van der Waals surface area contributed by atoms with Gasteiger partial charge in [0.05, 0.1) is 11.3 Å². The largest absolute Gasteiger partial charge is 0.459 e. The van der Waals surface area contributed by atoms with Gasteiger partial charge in [0, 0.05) is 23.0 Å². The van der Waals surface area contributed by atoms with Crippen LogP contribution in [-0.2, 0) is 4.74 Å². The van der Waals surface area contributed by atoms with Gasteiger partial charge in [0.25, 0.3) is 5.91 Å². The number of ketones is 1. The molecule has 4 aromatic rings. The zero-order valence-corrected chi connectivity index (χ0v) is 18.3. The second-order valence-electron chi connectivity index (χ2n) is 7.01. The highest BCUT2D eigenvalue weighted by atomic mass is 32.1. The number of carbonyl (C=O) groups is 3. The van der Waals surface area contributed by atoms with Crippen molar-refractivity contribution in [1.82, 2.24) is 9.72 Å². The van der Waals surface area contributed by atoms with E-state index in [0.717, 1.165) is 17.0 Å². The van der Waals surface area contributed by atoms with Crippen LogP contribution in [0.5, 0.6) is 0 Å². The van der Waals surface area contributed by atoms with E-state index in [0.29, 0.717) is 27.8 Å². The summed E-state index contributed by atoms with van der Waals surface area (Å²) >= 11 is 1.04. The van der Waals surface area contributed by atoms with Crippen LogP contribution >= 0.6 is 11.3 Å². The third-order valence-electron chi connectivity index (χ3n) is 4.70. The van der Waals surface area contributed by atoms with Gasteiger partial charge in [-0.05, 0) is 51.1 Å². The number of hydrogen-bond donors (Lipinski definition) is 1. The molecule has 4 heterocycles. The second kappa shape index (κ2) is 8.67. The smallest absolute Gasteiger partial charge is 0.348 e. The second-order valence-corrected chi connectivity index (χ2v) is 8.09. The van der Waals surface area contributed by atoms with Gasteiger partial charge >= 0.3 is 5.97 Å². The Labute approximate surface area is 186 Å². The molecular weight excluding hydrogens is 434 g/mol. The summed E-state index contributed by atoms with van der Waals surface area (Å²) in [6.45, 7) is 5.02. The molecule has 164 valence electrons. The summed E-state index contributed by atoms with van der Waals surface area (Å²) in [5.41, 5.74) is 1.92. The van der Waals surface area contributed by atoms with Crippen molar-refractivity contribution in [3.63, 3.8) is 0 Å². The number of rotatable bonds is 7. The van der Waals surface area contributed by atoms with Crippen LogP contribution in [0, 0.1) is 20.8 Å². The first-order valence-electron chi connectivity index (χ1n) is 9.61. The number of thiophene rings is 1. The predicted octanol–water partition coefficient (Wildman–Crippen LogP) is 4.34. The molecule has 0 bridgehead atoms. The van der Waals surface area contributed by atoms with Gasteiger partial charge in [-0.2, -0.15) is 0 Å². The molecule has 0 aliphatic carbocycles. The molecule has 0 atom stereocenters. The number of ether oxygens (including phenoxy) is 1. The zero-order chi connectivity index (χ0) is 22.8. The molecule has 9 nitrogen and oxygen atoms in total. The van der Waals surface area contributed by atoms with Crippen molar-refractivity contribution in [2.75, 3.05) is 11.9 Å². The van der Waals surface area contributed by atoms with Crippen molar-refractivity contribution in [2.45, 2.75) is 20.8 Å². The number of amides is 1. The minimum atomic E-state index is -0.650. The lowest BCUT2D eigenvalue weighted by molar-refractivity contribution is 0.0479. The molecule has 0 saturated heterocycles. The fourth-order valence-electron chi connectivity index (χ4n) is 3.23. The van der Waals surface area contributed by atoms with Gasteiger partial charge in [0.15, 0.2) is 18.2 Å². The Bertz CT molecular complexity index is 1300. The maximum atomic E-state index is 12.7. The number of hydrogen-bond acceptors (Lipinski definition) is 8. The number of nitrogens with one attached hydrogen (secondary N) is 1. The number of nitrogens with zero attached hydrogens (tertiary/aromatic N) is 2. The molecule has 0 unspecified atom stereocenters. The molecule has 0 radical (unpaired) electrons. The average Bonchev–Trinajstić information content (AvgIpc) is 3.54. The predicted molar refractivity (Wildman–Crippen MR) is 116 cm³/mol. The molecule has 0 saturated carbocycles. The van der Waals surface area contributed by atoms with E-state index in [1.165, 1.54) is 18.4 Å². The maximum absolute atomic E-state index is 12.7. The Kier molecular flexibility index (Phi) is 5.78. The molecule has 1 N–H and O–H groups in total. The first-order chi connectivity index (χ1) is 15.3. The lowest BCUT2D eigenvalue weighted by Gasteiger charge is -2.05. The molecular formula is C22H19N3O6S. The summed E-state index contributed by atoms with van der Waals surface area (Å²) in [6.07, 6.45) is 1.40.